The fourth-order valence-corrected chi connectivity index (χ4v) is 2.66. The SMILES string of the molecule is CCOCCCNC(=O)C1CC(=O)N(c2ccccc2C)C1. The third-order valence-corrected chi connectivity index (χ3v) is 3.87. The Morgan fingerprint density at radius 3 is 2.91 bits per heavy atom. The van der Waals surface area contributed by atoms with E-state index in [0.717, 1.165) is 17.7 Å². The highest BCUT2D eigenvalue weighted by molar-refractivity contribution is 6.00. The summed E-state index contributed by atoms with van der Waals surface area (Å²) in [4.78, 5) is 26.1. The van der Waals surface area contributed by atoms with Gasteiger partial charge in [-0.2, -0.15) is 0 Å². The van der Waals surface area contributed by atoms with E-state index in [9.17, 15) is 9.59 Å². The van der Waals surface area contributed by atoms with Gasteiger partial charge in [0.1, 0.15) is 0 Å². The molecule has 2 amide bonds. The second-order valence-corrected chi connectivity index (χ2v) is 5.53. The van der Waals surface area contributed by atoms with E-state index in [-0.39, 0.29) is 24.2 Å². The fraction of sp³-hybridized carbons (Fsp3) is 0.529. The maximum absolute atomic E-state index is 12.2. The van der Waals surface area contributed by atoms with Gasteiger partial charge in [-0.05, 0) is 31.9 Å². The van der Waals surface area contributed by atoms with E-state index in [1.165, 1.54) is 0 Å². The number of hydrogen-bond donors (Lipinski definition) is 1. The molecular formula is C17H24N2O3. The molecule has 0 spiro atoms. The zero-order valence-electron chi connectivity index (χ0n) is 13.3. The molecule has 0 aliphatic carbocycles. The summed E-state index contributed by atoms with van der Waals surface area (Å²) in [6, 6.07) is 7.76. The molecule has 1 atom stereocenters. The third kappa shape index (κ3) is 4.07. The van der Waals surface area contributed by atoms with Crippen molar-refractivity contribution in [2.24, 2.45) is 5.92 Å². The highest BCUT2D eigenvalue weighted by Gasteiger charge is 2.35. The van der Waals surface area contributed by atoms with E-state index >= 15 is 0 Å². The van der Waals surface area contributed by atoms with Gasteiger partial charge >= 0.3 is 0 Å². The van der Waals surface area contributed by atoms with Crippen LogP contribution in [0.1, 0.15) is 25.3 Å². The van der Waals surface area contributed by atoms with E-state index in [2.05, 4.69) is 5.32 Å². The van der Waals surface area contributed by atoms with Crippen molar-refractivity contribution in [3.63, 3.8) is 0 Å². The third-order valence-electron chi connectivity index (χ3n) is 3.87. The molecule has 5 nitrogen and oxygen atoms in total. The Balaban J connectivity index is 1.87. The van der Waals surface area contributed by atoms with Crippen molar-refractivity contribution < 1.29 is 14.3 Å². The fourth-order valence-electron chi connectivity index (χ4n) is 2.66. The predicted molar refractivity (Wildman–Crippen MR) is 85.8 cm³/mol. The predicted octanol–water partition coefficient (Wildman–Crippen LogP) is 1.89. The van der Waals surface area contributed by atoms with Crippen molar-refractivity contribution in [1.29, 1.82) is 0 Å². The number of anilines is 1. The zero-order chi connectivity index (χ0) is 15.9. The van der Waals surface area contributed by atoms with Crippen LogP contribution < -0.4 is 10.2 Å². The van der Waals surface area contributed by atoms with Crippen LogP contribution in [-0.4, -0.2) is 38.1 Å². The maximum Gasteiger partial charge on any atom is 0.227 e. The molecule has 22 heavy (non-hydrogen) atoms. The molecule has 1 aliphatic rings. The topological polar surface area (TPSA) is 58.6 Å². The molecule has 1 aliphatic heterocycles. The molecule has 2 rings (SSSR count). The van der Waals surface area contributed by atoms with E-state index in [4.69, 9.17) is 4.74 Å². The molecule has 1 N–H and O–H groups in total. The van der Waals surface area contributed by atoms with Gasteiger partial charge in [0.25, 0.3) is 0 Å². The minimum Gasteiger partial charge on any atom is -0.382 e. The largest absolute Gasteiger partial charge is 0.382 e. The minimum absolute atomic E-state index is 0.0174. The van der Waals surface area contributed by atoms with Gasteiger partial charge in [-0.15, -0.1) is 0 Å². The summed E-state index contributed by atoms with van der Waals surface area (Å²) < 4.78 is 5.23. The van der Waals surface area contributed by atoms with Crippen molar-refractivity contribution in [3.8, 4) is 0 Å². The van der Waals surface area contributed by atoms with Crippen molar-refractivity contribution in [1.82, 2.24) is 5.32 Å². The number of para-hydroxylation sites is 1. The van der Waals surface area contributed by atoms with Crippen molar-refractivity contribution >= 4 is 17.5 Å². The molecule has 1 fully saturated rings. The van der Waals surface area contributed by atoms with Gasteiger partial charge < -0.3 is 15.0 Å². The molecule has 0 radical (unpaired) electrons. The standard InChI is InChI=1S/C17H24N2O3/c1-3-22-10-6-9-18-17(21)14-11-16(20)19(12-14)15-8-5-4-7-13(15)2/h4-5,7-8,14H,3,6,9-12H2,1-2H3,(H,18,21). The highest BCUT2D eigenvalue weighted by atomic mass is 16.5. The van der Waals surface area contributed by atoms with Crippen LogP contribution >= 0.6 is 0 Å². The Kier molecular flexibility index (Phi) is 5.95. The second-order valence-electron chi connectivity index (χ2n) is 5.53. The highest BCUT2D eigenvalue weighted by Crippen LogP contribution is 2.27. The van der Waals surface area contributed by atoms with E-state index in [0.29, 0.717) is 26.3 Å². The molecule has 1 aromatic carbocycles. The molecule has 5 heteroatoms. The Morgan fingerprint density at radius 1 is 1.41 bits per heavy atom. The molecular weight excluding hydrogens is 280 g/mol. The average Bonchev–Trinajstić information content (AvgIpc) is 2.89. The van der Waals surface area contributed by atoms with E-state index < -0.39 is 0 Å². The van der Waals surface area contributed by atoms with Gasteiger partial charge in [0, 0.05) is 38.4 Å². The summed E-state index contributed by atoms with van der Waals surface area (Å²) in [6.07, 6.45) is 1.08. The summed E-state index contributed by atoms with van der Waals surface area (Å²) in [6.45, 7) is 6.31. The first-order chi connectivity index (χ1) is 10.6. The lowest BCUT2D eigenvalue weighted by atomic mass is 10.1. The number of carbonyl (C=O) groups is 2. The van der Waals surface area contributed by atoms with Crippen LogP contribution in [0, 0.1) is 12.8 Å². The maximum atomic E-state index is 12.2. The van der Waals surface area contributed by atoms with Gasteiger partial charge in [-0.3, -0.25) is 9.59 Å². The van der Waals surface area contributed by atoms with Crippen LogP contribution in [0.2, 0.25) is 0 Å². The Labute approximate surface area is 131 Å². The van der Waals surface area contributed by atoms with Crippen LogP contribution in [0.3, 0.4) is 0 Å². The lowest BCUT2D eigenvalue weighted by Crippen LogP contribution is -2.34. The van der Waals surface area contributed by atoms with E-state index in [1.54, 1.807) is 4.90 Å². The number of ether oxygens (including phenoxy) is 1. The van der Waals surface area contributed by atoms with Crippen molar-refractivity contribution in [2.45, 2.75) is 26.7 Å². The van der Waals surface area contributed by atoms with Gasteiger partial charge in [0.2, 0.25) is 11.8 Å². The van der Waals surface area contributed by atoms with Crippen LogP contribution in [-0.2, 0) is 14.3 Å². The lowest BCUT2D eigenvalue weighted by molar-refractivity contribution is -0.126. The summed E-state index contributed by atoms with van der Waals surface area (Å²) in [5, 5.41) is 2.89. The average molecular weight is 304 g/mol. The summed E-state index contributed by atoms with van der Waals surface area (Å²) in [7, 11) is 0. The normalized spacial score (nSPS) is 17.8. The number of aryl methyl sites for hydroxylation is 1. The first-order valence-corrected chi connectivity index (χ1v) is 7.85. The number of nitrogens with zero attached hydrogens (tertiary/aromatic N) is 1. The molecule has 1 unspecified atom stereocenters. The smallest absolute Gasteiger partial charge is 0.227 e. The van der Waals surface area contributed by atoms with Crippen molar-refractivity contribution in [3.05, 3.63) is 29.8 Å². The number of hydrogen-bond acceptors (Lipinski definition) is 3. The Morgan fingerprint density at radius 2 is 2.18 bits per heavy atom. The van der Waals surface area contributed by atoms with Gasteiger partial charge in [0.15, 0.2) is 0 Å². The van der Waals surface area contributed by atoms with Crippen LogP contribution in [0.15, 0.2) is 24.3 Å². The van der Waals surface area contributed by atoms with Crippen LogP contribution in [0.25, 0.3) is 0 Å². The minimum atomic E-state index is -0.265. The molecule has 0 aromatic heterocycles. The molecule has 1 saturated heterocycles. The van der Waals surface area contributed by atoms with Gasteiger partial charge in [-0.25, -0.2) is 0 Å². The molecule has 0 saturated carbocycles. The number of rotatable bonds is 7. The van der Waals surface area contributed by atoms with Crippen LogP contribution in [0.4, 0.5) is 5.69 Å². The van der Waals surface area contributed by atoms with Crippen LogP contribution in [0.5, 0.6) is 0 Å². The van der Waals surface area contributed by atoms with E-state index in [1.807, 2.05) is 38.1 Å². The summed E-state index contributed by atoms with van der Waals surface area (Å²) in [5.74, 6) is -0.288. The number of benzene rings is 1. The first-order valence-electron chi connectivity index (χ1n) is 7.85. The molecule has 0 bridgehead atoms. The quantitative estimate of drug-likeness (QED) is 0.783. The van der Waals surface area contributed by atoms with Gasteiger partial charge in [0.05, 0.1) is 5.92 Å². The number of amides is 2. The monoisotopic (exact) mass is 304 g/mol. The summed E-state index contributed by atoms with van der Waals surface area (Å²) >= 11 is 0. The summed E-state index contributed by atoms with van der Waals surface area (Å²) in [5.41, 5.74) is 1.95. The molecule has 120 valence electrons. The molecule has 1 aromatic rings. The Bertz CT molecular complexity index is 530. The first kappa shape index (κ1) is 16.5. The lowest BCUT2D eigenvalue weighted by Gasteiger charge is -2.18. The second kappa shape index (κ2) is 7.94. The Hall–Kier alpha value is -1.88. The number of nitrogens with one attached hydrogen (secondary N) is 1. The van der Waals surface area contributed by atoms with Crippen molar-refractivity contribution in [2.75, 3.05) is 31.2 Å². The zero-order valence-corrected chi connectivity index (χ0v) is 13.3. The van der Waals surface area contributed by atoms with Gasteiger partial charge in [-0.1, -0.05) is 18.2 Å². The number of carbonyl (C=O) groups excluding carboxylic acids is 2. The molecule has 1 heterocycles.